The molecule has 0 aromatic carbocycles. The van der Waals surface area contributed by atoms with Crippen LogP contribution in [0.15, 0.2) is 0 Å². The number of ether oxygens (including phenoxy) is 1. The molecule has 0 aromatic rings. The average molecular weight is 285 g/mol. The Morgan fingerprint density at radius 3 is 2.80 bits per heavy atom. The highest BCUT2D eigenvalue weighted by molar-refractivity contribution is 5.81. The van der Waals surface area contributed by atoms with Crippen molar-refractivity contribution in [1.82, 2.24) is 15.5 Å². The quantitative estimate of drug-likeness (QED) is 0.653. The molecule has 5 heteroatoms. The number of piperazine rings is 1. The van der Waals surface area contributed by atoms with Crippen LogP contribution in [-0.4, -0.2) is 62.3 Å². The summed E-state index contributed by atoms with van der Waals surface area (Å²) in [6, 6.07) is 0.901. The summed E-state index contributed by atoms with van der Waals surface area (Å²) in [6.45, 7) is 9.73. The van der Waals surface area contributed by atoms with Crippen LogP contribution in [0.3, 0.4) is 0 Å². The van der Waals surface area contributed by atoms with Gasteiger partial charge in [0, 0.05) is 45.4 Å². The van der Waals surface area contributed by atoms with Gasteiger partial charge in [-0.05, 0) is 26.2 Å². The van der Waals surface area contributed by atoms with Crippen LogP contribution in [0, 0.1) is 0 Å². The van der Waals surface area contributed by atoms with Crippen molar-refractivity contribution in [2.75, 3.05) is 33.4 Å². The van der Waals surface area contributed by atoms with Gasteiger partial charge in [-0.25, -0.2) is 0 Å². The predicted molar refractivity (Wildman–Crippen MR) is 81.8 cm³/mol. The van der Waals surface area contributed by atoms with E-state index in [9.17, 15) is 4.79 Å². The molecule has 1 aliphatic rings. The third-order valence-electron chi connectivity index (χ3n) is 4.21. The van der Waals surface area contributed by atoms with Crippen LogP contribution in [-0.2, 0) is 9.53 Å². The van der Waals surface area contributed by atoms with E-state index in [4.69, 9.17) is 4.74 Å². The minimum absolute atomic E-state index is 0.0568. The topological polar surface area (TPSA) is 53.6 Å². The monoisotopic (exact) mass is 285 g/mol. The molecule has 3 unspecified atom stereocenters. The van der Waals surface area contributed by atoms with E-state index in [1.807, 2.05) is 6.92 Å². The summed E-state index contributed by atoms with van der Waals surface area (Å²) in [5.41, 5.74) is 0. The number of carbonyl (C=O) groups is 1. The highest BCUT2D eigenvalue weighted by Crippen LogP contribution is 2.15. The molecular weight excluding hydrogens is 254 g/mol. The van der Waals surface area contributed by atoms with E-state index < -0.39 is 0 Å². The Bertz CT molecular complexity index is 286. The van der Waals surface area contributed by atoms with Crippen molar-refractivity contribution in [2.24, 2.45) is 0 Å². The first-order chi connectivity index (χ1) is 9.63. The van der Waals surface area contributed by atoms with Gasteiger partial charge in [0.1, 0.15) is 0 Å². The first-order valence-corrected chi connectivity index (χ1v) is 7.89. The summed E-state index contributed by atoms with van der Waals surface area (Å²) in [5.74, 6) is 0.135. The molecule has 1 fully saturated rings. The fraction of sp³-hybridized carbons (Fsp3) is 0.933. The van der Waals surface area contributed by atoms with Crippen LogP contribution in [0.4, 0.5) is 0 Å². The molecule has 0 aromatic heterocycles. The van der Waals surface area contributed by atoms with Gasteiger partial charge in [0.15, 0.2) is 0 Å². The molecule has 2 N–H and O–H groups in total. The summed E-state index contributed by atoms with van der Waals surface area (Å²) in [5, 5.41) is 6.57. The molecule has 0 radical (unpaired) electrons. The van der Waals surface area contributed by atoms with Crippen molar-refractivity contribution in [1.29, 1.82) is 0 Å². The standard InChI is InChI=1S/C15H31N3O2/c1-5-13-11-18(14(6-2)10-17-13)12(3)15(19)16-8-7-9-20-4/h12-14,17H,5-11H2,1-4H3,(H,16,19). The van der Waals surface area contributed by atoms with Crippen LogP contribution in [0.1, 0.15) is 40.0 Å². The Hall–Kier alpha value is -0.650. The average Bonchev–Trinajstić information content (AvgIpc) is 2.49. The third kappa shape index (κ3) is 5.04. The Morgan fingerprint density at radius 1 is 1.45 bits per heavy atom. The van der Waals surface area contributed by atoms with E-state index in [1.165, 1.54) is 0 Å². The van der Waals surface area contributed by atoms with Gasteiger partial charge in [-0.1, -0.05) is 13.8 Å². The second-order valence-corrected chi connectivity index (χ2v) is 5.59. The largest absolute Gasteiger partial charge is 0.385 e. The summed E-state index contributed by atoms with van der Waals surface area (Å²) in [4.78, 5) is 14.6. The van der Waals surface area contributed by atoms with E-state index >= 15 is 0 Å². The molecule has 1 heterocycles. The number of methoxy groups -OCH3 is 1. The normalized spacial score (nSPS) is 25.4. The third-order valence-corrected chi connectivity index (χ3v) is 4.21. The fourth-order valence-electron chi connectivity index (χ4n) is 2.74. The second-order valence-electron chi connectivity index (χ2n) is 5.59. The van der Waals surface area contributed by atoms with E-state index in [1.54, 1.807) is 7.11 Å². The molecule has 0 aliphatic carbocycles. The number of hydrogen-bond donors (Lipinski definition) is 2. The lowest BCUT2D eigenvalue weighted by molar-refractivity contribution is -0.127. The van der Waals surface area contributed by atoms with Gasteiger partial charge in [-0.3, -0.25) is 9.69 Å². The summed E-state index contributed by atoms with van der Waals surface area (Å²) in [7, 11) is 1.68. The van der Waals surface area contributed by atoms with Gasteiger partial charge < -0.3 is 15.4 Å². The molecule has 0 bridgehead atoms. The summed E-state index contributed by atoms with van der Waals surface area (Å²) < 4.78 is 4.99. The molecular formula is C15H31N3O2. The SMILES string of the molecule is CCC1CN(C(C)C(=O)NCCCOC)C(CC)CN1. The number of rotatable bonds is 8. The van der Waals surface area contributed by atoms with Crippen LogP contribution in [0.25, 0.3) is 0 Å². The fourth-order valence-corrected chi connectivity index (χ4v) is 2.74. The maximum absolute atomic E-state index is 12.2. The lowest BCUT2D eigenvalue weighted by Crippen LogP contribution is -2.61. The van der Waals surface area contributed by atoms with Gasteiger partial charge in [-0.2, -0.15) is 0 Å². The Labute approximate surface area is 123 Å². The Balaban J connectivity index is 2.48. The predicted octanol–water partition coefficient (Wildman–Crippen LogP) is 0.990. The van der Waals surface area contributed by atoms with Gasteiger partial charge >= 0.3 is 0 Å². The molecule has 1 saturated heterocycles. The molecule has 5 nitrogen and oxygen atoms in total. The molecule has 118 valence electrons. The van der Waals surface area contributed by atoms with E-state index in [0.717, 1.165) is 32.4 Å². The number of amides is 1. The Morgan fingerprint density at radius 2 is 2.20 bits per heavy atom. The van der Waals surface area contributed by atoms with E-state index in [0.29, 0.717) is 25.2 Å². The molecule has 3 atom stereocenters. The molecule has 20 heavy (non-hydrogen) atoms. The van der Waals surface area contributed by atoms with Crippen molar-refractivity contribution in [2.45, 2.75) is 58.2 Å². The second kappa shape index (κ2) is 9.32. The van der Waals surface area contributed by atoms with Crippen LogP contribution < -0.4 is 10.6 Å². The summed E-state index contributed by atoms with van der Waals surface area (Å²) in [6.07, 6.45) is 3.05. The van der Waals surface area contributed by atoms with Crippen molar-refractivity contribution in [3.63, 3.8) is 0 Å². The minimum Gasteiger partial charge on any atom is -0.385 e. The van der Waals surface area contributed by atoms with Crippen LogP contribution >= 0.6 is 0 Å². The smallest absolute Gasteiger partial charge is 0.237 e. The zero-order valence-electron chi connectivity index (χ0n) is 13.4. The van der Waals surface area contributed by atoms with Crippen molar-refractivity contribution >= 4 is 5.91 Å². The molecule has 1 rings (SSSR count). The molecule has 1 aliphatic heterocycles. The maximum atomic E-state index is 12.2. The summed E-state index contributed by atoms with van der Waals surface area (Å²) >= 11 is 0. The van der Waals surface area contributed by atoms with Crippen molar-refractivity contribution in [3.8, 4) is 0 Å². The lowest BCUT2D eigenvalue weighted by atomic mass is 10.0. The first kappa shape index (κ1) is 17.4. The van der Waals surface area contributed by atoms with Gasteiger partial charge in [0.25, 0.3) is 0 Å². The maximum Gasteiger partial charge on any atom is 0.237 e. The van der Waals surface area contributed by atoms with Gasteiger partial charge in [0.05, 0.1) is 6.04 Å². The highest BCUT2D eigenvalue weighted by Gasteiger charge is 2.32. The first-order valence-electron chi connectivity index (χ1n) is 7.89. The number of nitrogens with one attached hydrogen (secondary N) is 2. The zero-order valence-corrected chi connectivity index (χ0v) is 13.4. The van der Waals surface area contributed by atoms with Crippen LogP contribution in [0.5, 0.6) is 0 Å². The van der Waals surface area contributed by atoms with Gasteiger partial charge in [-0.15, -0.1) is 0 Å². The van der Waals surface area contributed by atoms with Gasteiger partial charge in [0.2, 0.25) is 5.91 Å². The van der Waals surface area contributed by atoms with E-state index in [2.05, 4.69) is 29.4 Å². The Kier molecular flexibility index (Phi) is 8.11. The number of hydrogen-bond acceptors (Lipinski definition) is 4. The van der Waals surface area contributed by atoms with Crippen molar-refractivity contribution < 1.29 is 9.53 Å². The lowest BCUT2D eigenvalue weighted by Gasteiger charge is -2.42. The van der Waals surface area contributed by atoms with Crippen LogP contribution in [0.2, 0.25) is 0 Å². The molecule has 1 amide bonds. The highest BCUT2D eigenvalue weighted by atomic mass is 16.5. The van der Waals surface area contributed by atoms with Crippen molar-refractivity contribution in [3.05, 3.63) is 0 Å². The number of carbonyl (C=O) groups excluding carboxylic acids is 1. The molecule has 0 saturated carbocycles. The molecule has 0 spiro atoms. The zero-order chi connectivity index (χ0) is 15.0. The van der Waals surface area contributed by atoms with E-state index in [-0.39, 0.29) is 11.9 Å². The minimum atomic E-state index is -0.0568. The number of nitrogens with zero attached hydrogens (tertiary/aromatic N) is 1.